The molecule has 2 N–H and O–H groups in total. The van der Waals surface area contributed by atoms with Crippen molar-refractivity contribution in [1.82, 2.24) is 5.32 Å². The Morgan fingerprint density at radius 3 is 2.36 bits per heavy atom. The molecule has 0 saturated carbocycles. The third-order valence-electron chi connectivity index (χ3n) is 3.66. The molecule has 0 bridgehead atoms. The van der Waals surface area contributed by atoms with Crippen molar-refractivity contribution in [1.29, 1.82) is 0 Å². The van der Waals surface area contributed by atoms with Gasteiger partial charge in [0, 0.05) is 11.7 Å². The van der Waals surface area contributed by atoms with Gasteiger partial charge in [0.25, 0.3) is 0 Å². The Labute approximate surface area is 130 Å². The molecule has 1 aliphatic rings. The summed E-state index contributed by atoms with van der Waals surface area (Å²) in [6.45, 7) is 3.76. The van der Waals surface area contributed by atoms with Gasteiger partial charge in [-0.25, -0.2) is 8.42 Å². The normalized spacial score (nSPS) is 19.6. The maximum atomic E-state index is 11.9. The standard InChI is InChI=1S/C15H20N2O4S/c1-10-4-3-5-11(2)15(10)17-14(19)8-13(18)16-12-6-7-22(20,21)9-12/h3-5,12H,6-9H2,1-2H3,(H,16,18)(H,17,19). The van der Waals surface area contributed by atoms with Crippen molar-refractivity contribution >= 4 is 27.3 Å². The third-order valence-corrected chi connectivity index (χ3v) is 5.43. The van der Waals surface area contributed by atoms with Gasteiger partial charge in [-0.2, -0.15) is 0 Å². The molecular formula is C15H20N2O4S. The average Bonchev–Trinajstić information content (AvgIpc) is 2.73. The van der Waals surface area contributed by atoms with Gasteiger partial charge >= 0.3 is 0 Å². The van der Waals surface area contributed by atoms with Crippen molar-refractivity contribution < 1.29 is 18.0 Å². The lowest BCUT2D eigenvalue weighted by atomic mass is 10.1. The van der Waals surface area contributed by atoms with Gasteiger partial charge in [0.05, 0.1) is 11.5 Å². The molecule has 1 aromatic carbocycles. The topological polar surface area (TPSA) is 92.3 Å². The fourth-order valence-electron chi connectivity index (χ4n) is 2.53. The summed E-state index contributed by atoms with van der Waals surface area (Å²) >= 11 is 0. The van der Waals surface area contributed by atoms with Crippen LogP contribution in [0.3, 0.4) is 0 Å². The summed E-state index contributed by atoms with van der Waals surface area (Å²) in [6, 6.07) is 5.27. The summed E-state index contributed by atoms with van der Waals surface area (Å²) in [5, 5.41) is 5.33. The zero-order valence-corrected chi connectivity index (χ0v) is 13.5. The second-order valence-corrected chi connectivity index (χ2v) is 7.89. The maximum Gasteiger partial charge on any atom is 0.233 e. The minimum Gasteiger partial charge on any atom is -0.352 e. The lowest BCUT2D eigenvalue weighted by Crippen LogP contribution is -2.37. The molecule has 1 aromatic rings. The van der Waals surface area contributed by atoms with Crippen LogP contribution >= 0.6 is 0 Å². The van der Waals surface area contributed by atoms with Gasteiger partial charge in [-0.1, -0.05) is 18.2 Å². The highest BCUT2D eigenvalue weighted by Crippen LogP contribution is 2.19. The van der Waals surface area contributed by atoms with Crippen LogP contribution in [0.4, 0.5) is 5.69 Å². The van der Waals surface area contributed by atoms with Crippen LogP contribution in [0, 0.1) is 13.8 Å². The number of hydrogen-bond donors (Lipinski definition) is 2. The van der Waals surface area contributed by atoms with E-state index >= 15 is 0 Å². The number of sulfone groups is 1. The number of benzene rings is 1. The number of hydrogen-bond acceptors (Lipinski definition) is 4. The highest BCUT2D eigenvalue weighted by Gasteiger charge is 2.29. The molecule has 120 valence electrons. The van der Waals surface area contributed by atoms with E-state index in [0.29, 0.717) is 12.1 Å². The lowest BCUT2D eigenvalue weighted by Gasteiger charge is -2.13. The Morgan fingerprint density at radius 1 is 1.18 bits per heavy atom. The van der Waals surface area contributed by atoms with Crippen LogP contribution in [0.1, 0.15) is 24.0 Å². The molecule has 22 heavy (non-hydrogen) atoms. The average molecular weight is 324 g/mol. The van der Waals surface area contributed by atoms with Crippen molar-refractivity contribution in [3.63, 3.8) is 0 Å². The zero-order valence-electron chi connectivity index (χ0n) is 12.7. The molecular weight excluding hydrogens is 304 g/mol. The third kappa shape index (κ3) is 4.30. The van der Waals surface area contributed by atoms with Gasteiger partial charge in [0.1, 0.15) is 6.42 Å². The molecule has 1 saturated heterocycles. The molecule has 0 spiro atoms. The molecule has 1 heterocycles. The number of nitrogens with one attached hydrogen (secondary N) is 2. The largest absolute Gasteiger partial charge is 0.352 e. The van der Waals surface area contributed by atoms with Crippen molar-refractivity contribution in [2.75, 3.05) is 16.8 Å². The Balaban J connectivity index is 1.88. The SMILES string of the molecule is Cc1cccc(C)c1NC(=O)CC(=O)NC1CCS(=O)(=O)C1. The summed E-state index contributed by atoms with van der Waals surface area (Å²) in [5.41, 5.74) is 2.56. The van der Waals surface area contributed by atoms with Gasteiger partial charge in [0.2, 0.25) is 11.8 Å². The first-order chi connectivity index (χ1) is 10.3. The maximum absolute atomic E-state index is 11.9. The molecule has 1 aliphatic heterocycles. The summed E-state index contributed by atoms with van der Waals surface area (Å²) in [6.07, 6.45) is 0.0942. The van der Waals surface area contributed by atoms with Gasteiger partial charge < -0.3 is 10.6 Å². The first kappa shape index (κ1) is 16.5. The summed E-state index contributed by atoms with van der Waals surface area (Å²) in [7, 11) is -3.04. The number of anilines is 1. The number of rotatable bonds is 4. The molecule has 0 aromatic heterocycles. The molecule has 1 unspecified atom stereocenters. The molecule has 7 heteroatoms. The number of carbonyl (C=O) groups is 2. The van der Waals surface area contributed by atoms with E-state index in [1.165, 1.54) is 0 Å². The fourth-order valence-corrected chi connectivity index (χ4v) is 4.20. The minimum absolute atomic E-state index is 0.0444. The second-order valence-electron chi connectivity index (χ2n) is 5.66. The van der Waals surface area contributed by atoms with E-state index in [1.807, 2.05) is 32.0 Å². The molecule has 1 atom stereocenters. The summed E-state index contributed by atoms with van der Waals surface area (Å²) in [5.74, 6) is -0.814. The molecule has 0 radical (unpaired) electrons. The number of carbonyl (C=O) groups excluding carboxylic acids is 2. The summed E-state index contributed by atoms with van der Waals surface area (Å²) in [4.78, 5) is 23.8. The first-order valence-electron chi connectivity index (χ1n) is 7.13. The van der Waals surface area contributed by atoms with Crippen LogP contribution in [0.15, 0.2) is 18.2 Å². The van der Waals surface area contributed by atoms with Crippen molar-refractivity contribution in [3.05, 3.63) is 29.3 Å². The predicted octanol–water partition coefficient (Wildman–Crippen LogP) is 0.935. The van der Waals surface area contributed by atoms with Crippen molar-refractivity contribution in [2.45, 2.75) is 32.7 Å². The van der Waals surface area contributed by atoms with E-state index in [1.54, 1.807) is 0 Å². The van der Waals surface area contributed by atoms with Gasteiger partial charge in [0.15, 0.2) is 9.84 Å². The Bertz CT molecular complexity index is 677. The van der Waals surface area contributed by atoms with E-state index in [2.05, 4.69) is 10.6 Å². The number of amides is 2. The van der Waals surface area contributed by atoms with E-state index in [-0.39, 0.29) is 24.0 Å². The lowest BCUT2D eigenvalue weighted by molar-refractivity contribution is -0.127. The first-order valence-corrected chi connectivity index (χ1v) is 8.95. The van der Waals surface area contributed by atoms with Gasteiger partial charge in [-0.05, 0) is 31.4 Å². The molecule has 0 aliphatic carbocycles. The quantitative estimate of drug-likeness (QED) is 0.806. The van der Waals surface area contributed by atoms with E-state index in [4.69, 9.17) is 0 Å². The van der Waals surface area contributed by atoms with Crippen LogP contribution in [-0.2, 0) is 19.4 Å². The highest BCUT2D eigenvalue weighted by molar-refractivity contribution is 7.91. The van der Waals surface area contributed by atoms with Crippen LogP contribution in [0.25, 0.3) is 0 Å². The molecule has 2 rings (SSSR count). The molecule has 2 amide bonds. The second kappa shape index (κ2) is 6.48. The predicted molar refractivity (Wildman–Crippen MR) is 84.4 cm³/mol. The van der Waals surface area contributed by atoms with Gasteiger partial charge in [-0.3, -0.25) is 9.59 Å². The monoisotopic (exact) mass is 324 g/mol. The Kier molecular flexibility index (Phi) is 4.85. The summed E-state index contributed by atoms with van der Waals surface area (Å²) < 4.78 is 22.7. The highest BCUT2D eigenvalue weighted by atomic mass is 32.2. The molecule has 1 fully saturated rings. The fraction of sp³-hybridized carbons (Fsp3) is 0.467. The minimum atomic E-state index is -3.04. The van der Waals surface area contributed by atoms with Crippen molar-refractivity contribution in [2.24, 2.45) is 0 Å². The van der Waals surface area contributed by atoms with Crippen LogP contribution in [0.5, 0.6) is 0 Å². The Morgan fingerprint density at radius 2 is 1.82 bits per heavy atom. The number of aryl methyl sites for hydroxylation is 2. The smallest absolute Gasteiger partial charge is 0.233 e. The molecule has 6 nitrogen and oxygen atoms in total. The van der Waals surface area contributed by atoms with Crippen LogP contribution in [0.2, 0.25) is 0 Å². The van der Waals surface area contributed by atoms with Gasteiger partial charge in [-0.15, -0.1) is 0 Å². The van der Waals surface area contributed by atoms with Crippen molar-refractivity contribution in [3.8, 4) is 0 Å². The number of para-hydroxylation sites is 1. The van der Waals surface area contributed by atoms with Crippen LogP contribution in [-0.4, -0.2) is 37.8 Å². The van der Waals surface area contributed by atoms with E-state index in [9.17, 15) is 18.0 Å². The zero-order chi connectivity index (χ0) is 16.3. The van der Waals surface area contributed by atoms with Crippen LogP contribution < -0.4 is 10.6 Å². The van der Waals surface area contributed by atoms with E-state index in [0.717, 1.165) is 11.1 Å². The van der Waals surface area contributed by atoms with E-state index < -0.39 is 21.7 Å². The Hall–Kier alpha value is -1.89.